The number of anilines is 1. The quantitative estimate of drug-likeness (QED) is 0.382. The van der Waals surface area contributed by atoms with Gasteiger partial charge in [0.15, 0.2) is 11.5 Å². The van der Waals surface area contributed by atoms with Crippen LogP contribution in [0.5, 0.6) is 11.5 Å². The second-order valence-electron chi connectivity index (χ2n) is 6.11. The molecule has 0 saturated carbocycles. The summed E-state index contributed by atoms with van der Waals surface area (Å²) in [5.74, 6) is 0.803. The Morgan fingerprint density at radius 2 is 1.97 bits per heavy atom. The van der Waals surface area contributed by atoms with Gasteiger partial charge in [0.2, 0.25) is 0 Å². The molecule has 0 saturated heterocycles. The minimum atomic E-state index is -0.301. The van der Waals surface area contributed by atoms with Crippen molar-refractivity contribution >= 4 is 45.9 Å². The number of aromatic nitrogens is 2. The van der Waals surface area contributed by atoms with Crippen LogP contribution < -0.4 is 14.8 Å². The summed E-state index contributed by atoms with van der Waals surface area (Å²) >= 11 is 8.81. The molecule has 0 fully saturated rings. The van der Waals surface area contributed by atoms with E-state index in [-0.39, 0.29) is 5.91 Å². The highest BCUT2D eigenvalue weighted by molar-refractivity contribution is 7.23. The Kier molecular flexibility index (Phi) is 6.27. The van der Waals surface area contributed by atoms with Gasteiger partial charge in [-0.15, -0.1) is 22.7 Å². The maximum atomic E-state index is 12.6. The van der Waals surface area contributed by atoms with Crippen LogP contribution in [0.1, 0.15) is 16.1 Å². The fourth-order valence-electron chi connectivity index (χ4n) is 2.62. The summed E-state index contributed by atoms with van der Waals surface area (Å²) in [6.07, 6.45) is 3.41. The number of benzene rings is 1. The predicted octanol–water partition coefficient (Wildman–Crippen LogP) is 5.76. The molecule has 1 amide bonds. The Balaban J connectivity index is 1.47. The first-order valence-corrected chi connectivity index (χ1v) is 10.9. The van der Waals surface area contributed by atoms with Gasteiger partial charge >= 0.3 is 0 Å². The van der Waals surface area contributed by atoms with Crippen LogP contribution in [0.3, 0.4) is 0 Å². The number of rotatable bonds is 7. The molecule has 0 aliphatic carbocycles. The number of halogens is 1. The molecule has 0 atom stereocenters. The summed E-state index contributed by atoms with van der Waals surface area (Å²) in [7, 11) is 1.57. The van der Waals surface area contributed by atoms with Crippen molar-refractivity contribution in [1.82, 2.24) is 9.97 Å². The average Bonchev–Trinajstić information content (AvgIpc) is 3.42. The maximum Gasteiger partial charge on any atom is 0.275 e. The minimum Gasteiger partial charge on any atom is -0.493 e. The van der Waals surface area contributed by atoms with E-state index in [1.807, 2.05) is 24.3 Å². The van der Waals surface area contributed by atoms with Crippen LogP contribution in [0, 0.1) is 0 Å². The highest BCUT2D eigenvalue weighted by Gasteiger charge is 2.15. The number of carbonyl (C=O) groups excluding carboxylic acids is 1. The number of hydrogen-bond donors (Lipinski definition) is 1. The lowest BCUT2D eigenvalue weighted by molar-refractivity contribution is 0.102. The van der Waals surface area contributed by atoms with E-state index in [0.29, 0.717) is 33.8 Å². The van der Waals surface area contributed by atoms with Crippen LogP contribution >= 0.6 is 34.3 Å². The Hall–Kier alpha value is -2.94. The largest absolute Gasteiger partial charge is 0.493 e. The minimum absolute atomic E-state index is 0.301. The first-order chi connectivity index (χ1) is 14.6. The van der Waals surface area contributed by atoms with E-state index < -0.39 is 0 Å². The third kappa shape index (κ3) is 4.79. The Morgan fingerprint density at radius 1 is 1.13 bits per heavy atom. The van der Waals surface area contributed by atoms with Crippen molar-refractivity contribution in [2.75, 3.05) is 12.4 Å². The van der Waals surface area contributed by atoms with E-state index in [9.17, 15) is 4.79 Å². The second kappa shape index (κ2) is 9.25. The first kappa shape index (κ1) is 20.3. The molecule has 0 spiro atoms. The third-order valence-corrected chi connectivity index (χ3v) is 6.33. The fraction of sp³-hybridized carbons (Fsp3) is 0.0952. The fourth-order valence-corrected chi connectivity index (χ4v) is 4.54. The number of carbonyl (C=O) groups is 1. The number of nitrogens with zero attached hydrogens (tertiary/aromatic N) is 2. The summed E-state index contributed by atoms with van der Waals surface area (Å²) in [5.41, 5.74) is 1.90. The molecule has 1 N–H and O–H groups in total. The van der Waals surface area contributed by atoms with Gasteiger partial charge in [0.05, 0.1) is 16.3 Å². The van der Waals surface area contributed by atoms with Crippen LogP contribution in [-0.2, 0) is 6.61 Å². The van der Waals surface area contributed by atoms with Gasteiger partial charge in [0.1, 0.15) is 17.3 Å². The predicted molar refractivity (Wildman–Crippen MR) is 120 cm³/mol. The van der Waals surface area contributed by atoms with E-state index in [2.05, 4.69) is 15.3 Å². The van der Waals surface area contributed by atoms with Gasteiger partial charge in [-0.3, -0.25) is 9.78 Å². The van der Waals surface area contributed by atoms with E-state index in [0.717, 1.165) is 15.4 Å². The van der Waals surface area contributed by atoms with Crippen molar-refractivity contribution in [2.24, 2.45) is 0 Å². The Bertz CT molecular complexity index is 1160. The second-order valence-corrected chi connectivity index (χ2v) is 8.68. The summed E-state index contributed by atoms with van der Waals surface area (Å²) in [6, 6.07) is 12.7. The number of thiophene rings is 1. The number of amides is 1. The zero-order chi connectivity index (χ0) is 20.9. The van der Waals surface area contributed by atoms with Crippen molar-refractivity contribution in [3.63, 3.8) is 0 Å². The lowest BCUT2D eigenvalue weighted by Gasteiger charge is -2.13. The number of ether oxygens (including phenoxy) is 2. The van der Waals surface area contributed by atoms with Crippen LogP contribution in [0.4, 0.5) is 5.69 Å². The molecule has 0 aliphatic heterocycles. The van der Waals surface area contributed by atoms with Crippen molar-refractivity contribution in [2.45, 2.75) is 6.61 Å². The Morgan fingerprint density at radius 3 is 2.70 bits per heavy atom. The molecule has 1 aromatic carbocycles. The molecule has 3 aromatic heterocycles. The summed E-state index contributed by atoms with van der Waals surface area (Å²) in [4.78, 5) is 22.0. The molecule has 0 aliphatic rings. The lowest BCUT2D eigenvalue weighted by atomic mass is 10.2. The molecule has 0 radical (unpaired) electrons. The van der Waals surface area contributed by atoms with Gasteiger partial charge < -0.3 is 14.8 Å². The number of pyridine rings is 1. The number of nitrogens with one attached hydrogen (secondary N) is 1. The number of hydrogen-bond acceptors (Lipinski definition) is 7. The van der Waals surface area contributed by atoms with Crippen molar-refractivity contribution in [3.8, 4) is 21.4 Å². The molecule has 6 nitrogen and oxygen atoms in total. The molecule has 30 heavy (non-hydrogen) atoms. The molecule has 0 bridgehead atoms. The van der Waals surface area contributed by atoms with Crippen LogP contribution in [-0.4, -0.2) is 23.0 Å². The topological polar surface area (TPSA) is 73.3 Å². The molecule has 9 heteroatoms. The zero-order valence-corrected chi connectivity index (χ0v) is 18.2. The van der Waals surface area contributed by atoms with Crippen molar-refractivity contribution in [1.29, 1.82) is 0 Å². The standard InChI is InChI=1S/C21H16ClN3O3S2/c1-27-16-3-2-14(10-17(16)28-11-13-6-8-23-9-7-13)24-20(26)15-12-29-21(25-15)18-4-5-19(22)30-18/h2-10,12H,11H2,1H3,(H,24,26). The van der Waals surface area contributed by atoms with E-state index in [1.54, 1.807) is 43.1 Å². The first-order valence-electron chi connectivity index (χ1n) is 8.84. The van der Waals surface area contributed by atoms with Crippen molar-refractivity contribution < 1.29 is 14.3 Å². The highest BCUT2D eigenvalue weighted by atomic mass is 35.5. The monoisotopic (exact) mass is 457 g/mol. The average molecular weight is 458 g/mol. The molecule has 4 rings (SSSR count). The Labute approximate surface area is 186 Å². The van der Waals surface area contributed by atoms with Gasteiger partial charge in [-0.1, -0.05) is 11.6 Å². The molecule has 0 unspecified atom stereocenters. The lowest BCUT2D eigenvalue weighted by Crippen LogP contribution is -2.12. The van der Waals surface area contributed by atoms with Crippen LogP contribution in [0.2, 0.25) is 4.34 Å². The summed E-state index contributed by atoms with van der Waals surface area (Å²) in [6.45, 7) is 0.356. The molecular formula is C21H16ClN3O3S2. The van der Waals surface area contributed by atoms with Crippen LogP contribution in [0.15, 0.2) is 60.2 Å². The molecule has 152 valence electrons. The smallest absolute Gasteiger partial charge is 0.275 e. The van der Waals surface area contributed by atoms with Gasteiger partial charge in [0, 0.05) is 29.5 Å². The SMILES string of the molecule is COc1ccc(NC(=O)c2csc(-c3ccc(Cl)s3)n2)cc1OCc1ccncc1. The number of thiazole rings is 1. The van der Waals surface area contributed by atoms with E-state index in [4.69, 9.17) is 21.1 Å². The van der Waals surface area contributed by atoms with Crippen LogP contribution in [0.25, 0.3) is 9.88 Å². The van der Waals surface area contributed by atoms with Gasteiger partial charge in [-0.05, 0) is 42.0 Å². The third-order valence-electron chi connectivity index (χ3n) is 4.09. The normalized spacial score (nSPS) is 10.6. The van der Waals surface area contributed by atoms with Crippen molar-refractivity contribution in [3.05, 3.63) is 75.8 Å². The summed E-state index contributed by atoms with van der Waals surface area (Å²) in [5, 5.41) is 5.34. The molecule has 4 aromatic rings. The van der Waals surface area contributed by atoms with Gasteiger partial charge in [0.25, 0.3) is 5.91 Å². The maximum absolute atomic E-state index is 12.6. The van der Waals surface area contributed by atoms with E-state index >= 15 is 0 Å². The van der Waals surface area contributed by atoms with Gasteiger partial charge in [-0.2, -0.15) is 0 Å². The van der Waals surface area contributed by atoms with E-state index in [1.165, 1.54) is 22.7 Å². The highest BCUT2D eigenvalue weighted by Crippen LogP contribution is 2.34. The number of methoxy groups -OCH3 is 1. The van der Waals surface area contributed by atoms with Gasteiger partial charge in [-0.25, -0.2) is 4.98 Å². The zero-order valence-electron chi connectivity index (χ0n) is 15.8. The molecular weight excluding hydrogens is 442 g/mol. The molecule has 3 heterocycles. The summed E-state index contributed by atoms with van der Waals surface area (Å²) < 4.78 is 11.9.